The van der Waals surface area contributed by atoms with Gasteiger partial charge < -0.3 is 10.4 Å². The van der Waals surface area contributed by atoms with E-state index >= 15 is 0 Å². The van der Waals surface area contributed by atoms with Crippen LogP contribution in [0, 0.1) is 17.2 Å². The van der Waals surface area contributed by atoms with Gasteiger partial charge in [-0.25, -0.2) is 0 Å². The van der Waals surface area contributed by atoms with Crippen molar-refractivity contribution in [1.29, 1.82) is 5.26 Å². The number of alkyl halides is 3. The van der Waals surface area contributed by atoms with E-state index in [-0.39, 0.29) is 18.5 Å². The van der Waals surface area contributed by atoms with Crippen molar-refractivity contribution in [1.82, 2.24) is 0 Å². The number of anilines is 1. The molecule has 0 saturated carbocycles. The maximum absolute atomic E-state index is 12.8. The maximum Gasteiger partial charge on any atom is 0.417 e. The number of carbonyl (C=O) groups excluding carboxylic acids is 1. The minimum Gasteiger partial charge on any atom is -0.481 e. The Morgan fingerprint density at radius 2 is 2.00 bits per heavy atom. The molecule has 1 rings (SSSR count). The van der Waals surface area contributed by atoms with E-state index in [4.69, 9.17) is 10.4 Å². The predicted octanol–water partition coefficient (Wildman–Crippen LogP) is 3.02. The minimum absolute atomic E-state index is 0.0983. The number of carboxylic acids is 1. The molecule has 0 aliphatic rings. The molecule has 0 heterocycles. The molecule has 22 heavy (non-hydrogen) atoms. The lowest BCUT2D eigenvalue weighted by Crippen LogP contribution is -2.17. The summed E-state index contributed by atoms with van der Waals surface area (Å²) in [7, 11) is 0. The fraction of sp³-hybridized carbons (Fsp3) is 0.357. The van der Waals surface area contributed by atoms with E-state index in [9.17, 15) is 22.8 Å². The number of halogens is 3. The van der Waals surface area contributed by atoms with E-state index < -0.39 is 35.1 Å². The van der Waals surface area contributed by atoms with Crippen molar-refractivity contribution in [2.45, 2.75) is 25.9 Å². The summed E-state index contributed by atoms with van der Waals surface area (Å²) in [6, 6.07) is 4.28. The molecule has 0 saturated heterocycles. The smallest absolute Gasteiger partial charge is 0.417 e. The number of aliphatic carboxylic acids is 1. The van der Waals surface area contributed by atoms with Crippen LogP contribution in [0.4, 0.5) is 18.9 Å². The van der Waals surface area contributed by atoms with Crippen LogP contribution in [0.15, 0.2) is 18.2 Å². The molecule has 118 valence electrons. The second kappa shape index (κ2) is 6.93. The fourth-order valence-corrected chi connectivity index (χ4v) is 1.85. The molecule has 1 aromatic rings. The topological polar surface area (TPSA) is 90.2 Å². The van der Waals surface area contributed by atoms with E-state index in [0.717, 1.165) is 6.07 Å². The quantitative estimate of drug-likeness (QED) is 0.874. The SMILES string of the molecule is CC(CC(=O)O)CC(=O)Nc1ccc(C#N)c(C(F)(F)F)c1. The number of rotatable bonds is 5. The molecule has 0 aliphatic carbocycles. The zero-order chi connectivity index (χ0) is 16.9. The number of nitrogens with one attached hydrogen (secondary N) is 1. The van der Waals surface area contributed by atoms with Gasteiger partial charge in [0.15, 0.2) is 0 Å². The number of hydrogen-bond donors (Lipinski definition) is 2. The van der Waals surface area contributed by atoms with Crippen LogP contribution in [-0.4, -0.2) is 17.0 Å². The zero-order valence-electron chi connectivity index (χ0n) is 11.6. The van der Waals surface area contributed by atoms with Gasteiger partial charge in [-0.05, 0) is 24.1 Å². The Hall–Kier alpha value is -2.56. The molecule has 0 spiro atoms. The van der Waals surface area contributed by atoms with Gasteiger partial charge in [-0.1, -0.05) is 6.92 Å². The number of carboxylic acid groups (broad SMARTS) is 1. The first-order valence-corrected chi connectivity index (χ1v) is 6.26. The summed E-state index contributed by atoms with van der Waals surface area (Å²) in [5.41, 5.74) is -1.77. The van der Waals surface area contributed by atoms with E-state index in [0.29, 0.717) is 6.07 Å². The fourth-order valence-electron chi connectivity index (χ4n) is 1.85. The van der Waals surface area contributed by atoms with E-state index in [1.807, 2.05) is 0 Å². The van der Waals surface area contributed by atoms with Gasteiger partial charge in [-0.15, -0.1) is 0 Å². The molecule has 5 nitrogen and oxygen atoms in total. The molecule has 2 N–H and O–H groups in total. The number of hydrogen-bond acceptors (Lipinski definition) is 3. The third kappa shape index (κ3) is 5.09. The number of benzene rings is 1. The Morgan fingerprint density at radius 3 is 2.50 bits per heavy atom. The van der Waals surface area contributed by atoms with Crippen molar-refractivity contribution >= 4 is 17.6 Å². The van der Waals surface area contributed by atoms with Crippen LogP contribution in [-0.2, 0) is 15.8 Å². The van der Waals surface area contributed by atoms with Crippen LogP contribution in [0.3, 0.4) is 0 Å². The molecule has 0 bridgehead atoms. The molecule has 1 atom stereocenters. The first-order valence-electron chi connectivity index (χ1n) is 6.26. The lowest BCUT2D eigenvalue weighted by Gasteiger charge is -2.13. The standard InChI is InChI=1S/C14H13F3N2O3/c1-8(5-13(21)22)4-12(20)19-10-3-2-9(7-18)11(6-10)14(15,16)17/h2-3,6,8H,4-5H2,1H3,(H,19,20)(H,21,22). The van der Waals surface area contributed by atoms with Gasteiger partial charge in [0, 0.05) is 18.5 Å². The number of nitrogens with zero attached hydrogens (tertiary/aromatic N) is 1. The minimum atomic E-state index is -4.71. The van der Waals surface area contributed by atoms with Crippen molar-refractivity contribution in [3.8, 4) is 6.07 Å². The maximum atomic E-state index is 12.8. The molecular formula is C14H13F3N2O3. The lowest BCUT2D eigenvalue weighted by molar-refractivity contribution is -0.139. The Morgan fingerprint density at radius 1 is 1.36 bits per heavy atom. The van der Waals surface area contributed by atoms with Gasteiger partial charge in [0.05, 0.1) is 17.2 Å². The molecule has 0 aliphatic heterocycles. The summed E-state index contributed by atoms with van der Waals surface area (Å²) in [6.45, 7) is 1.55. The number of nitriles is 1. The highest BCUT2D eigenvalue weighted by molar-refractivity contribution is 5.91. The molecule has 0 radical (unpaired) electrons. The average molecular weight is 314 g/mol. The summed E-state index contributed by atoms with van der Waals surface area (Å²) in [6.07, 6.45) is -5.05. The number of carbonyl (C=O) groups is 2. The normalized spacial score (nSPS) is 12.3. The highest BCUT2D eigenvalue weighted by atomic mass is 19.4. The molecule has 8 heteroatoms. The summed E-state index contributed by atoms with van der Waals surface area (Å²) in [4.78, 5) is 22.2. The van der Waals surface area contributed by atoms with Crippen molar-refractivity contribution in [2.24, 2.45) is 5.92 Å². The summed E-state index contributed by atoms with van der Waals surface area (Å²) in [5, 5.41) is 19.5. The zero-order valence-corrected chi connectivity index (χ0v) is 11.6. The van der Waals surface area contributed by atoms with Gasteiger partial charge in [-0.2, -0.15) is 18.4 Å². The van der Waals surface area contributed by atoms with Crippen molar-refractivity contribution in [3.63, 3.8) is 0 Å². The van der Waals surface area contributed by atoms with Crippen molar-refractivity contribution in [2.75, 3.05) is 5.32 Å². The van der Waals surface area contributed by atoms with Crippen molar-refractivity contribution in [3.05, 3.63) is 29.3 Å². The molecule has 1 unspecified atom stereocenters. The Balaban J connectivity index is 2.85. The second-order valence-corrected chi connectivity index (χ2v) is 4.83. The van der Waals surface area contributed by atoms with Gasteiger partial charge in [0.25, 0.3) is 0 Å². The van der Waals surface area contributed by atoms with Gasteiger partial charge in [-0.3, -0.25) is 9.59 Å². The average Bonchev–Trinajstić information content (AvgIpc) is 2.36. The Bertz CT molecular complexity index is 621. The highest BCUT2D eigenvalue weighted by Gasteiger charge is 2.34. The molecular weight excluding hydrogens is 301 g/mol. The van der Waals surface area contributed by atoms with Crippen LogP contribution >= 0.6 is 0 Å². The van der Waals surface area contributed by atoms with Gasteiger partial charge >= 0.3 is 12.1 Å². The third-order valence-electron chi connectivity index (χ3n) is 2.79. The van der Waals surface area contributed by atoms with Crippen molar-refractivity contribution < 1.29 is 27.9 Å². The van der Waals surface area contributed by atoms with E-state index in [1.54, 1.807) is 6.92 Å². The molecule has 1 aromatic carbocycles. The first kappa shape index (κ1) is 17.5. The lowest BCUT2D eigenvalue weighted by atomic mass is 10.0. The Labute approximate surface area is 124 Å². The Kier molecular flexibility index (Phi) is 5.51. The summed E-state index contributed by atoms with van der Waals surface area (Å²) >= 11 is 0. The van der Waals surface area contributed by atoms with Gasteiger partial charge in [0.2, 0.25) is 5.91 Å². The third-order valence-corrected chi connectivity index (χ3v) is 2.79. The van der Waals surface area contributed by atoms with Crippen LogP contribution in [0.2, 0.25) is 0 Å². The van der Waals surface area contributed by atoms with Crippen LogP contribution < -0.4 is 5.32 Å². The summed E-state index contributed by atoms with van der Waals surface area (Å²) in [5.74, 6) is -2.09. The van der Waals surface area contributed by atoms with Gasteiger partial charge in [0.1, 0.15) is 0 Å². The first-order chi connectivity index (χ1) is 10.1. The second-order valence-electron chi connectivity index (χ2n) is 4.83. The van der Waals surface area contributed by atoms with E-state index in [1.165, 1.54) is 12.1 Å². The monoisotopic (exact) mass is 314 g/mol. The molecule has 0 aromatic heterocycles. The van der Waals surface area contributed by atoms with Crippen LogP contribution in [0.5, 0.6) is 0 Å². The van der Waals surface area contributed by atoms with Crippen LogP contribution in [0.25, 0.3) is 0 Å². The largest absolute Gasteiger partial charge is 0.481 e. The number of amides is 1. The molecule has 0 fully saturated rings. The summed E-state index contributed by atoms with van der Waals surface area (Å²) < 4.78 is 38.3. The van der Waals surface area contributed by atoms with Crippen LogP contribution in [0.1, 0.15) is 30.9 Å². The van der Waals surface area contributed by atoms with E-state index in [2.05, 4.69) is 5.32 Å². The highest BCUT2D eigenvalue weighted by Crippen LogP contribution is 2.33. The predicted molar refractivity (Wildman–Crippen MR) is 70.8 cm³/mol. The molecule has 1 amide bonds.